The van der Waals surface area contributed by atoms with E-state index in [0.717, 1.165) is 0 Å². The summed E-state index contributed by atoms with van der Waals surface area (Å²) in [6, 6.07) is 4.14. The molecule has 76 valence electrons. The summed E-state index contributed by atoms with van der Waals surface area (Å²) >= 11 is -0.169. The lowest BCUT2D eigenvalue weighted by molar-refractivity contribution is -0.0328. The first-order chi connectivity index (χ1) is 6.54. The number of hydrogen-bond acceptors (Lipinski definition) is 3. The van der Waals surface area contributed by atoms with Gasteiger partial charge in [0.1, 0.15) is 0 Å². The molecule has 0 spiro atoms. The Morgan fingerprint density at radius 3 is 2.57 bits per heavy atom. The Morgan fingerprint density at radius 1 is 1.14 bits per heavy atom. The second-order valence-electron chi connectivity index (χ2n) is 2.56. The molecular weight excluding hydrogens is 217 g/mol. The van der Waals surface area contributed by atoms with E-state index in [-0.39, 0.29) is 23.5 Å². The van der Waals surface area contributed by atoms with E-state index in [1.54, 1.807) is 0 Å². The molecule has 1 heterocycles. The summed E-state index contributed by atoms with van der Waals surface area (Å²) in [6.45, 7) is 0.0650. The highest BCUT2D eigenvalue weighted by Gasteiger charge is 2.30. The Hall–Kier alpha value is -1.04. The van der Waals surface area contributed by atoms with Gasteiger partial charge in [-0.05, 0) is 30.0 Å². The molecule has 14 heavy (non-hydrogen) atoms. The van der Waals surface area contributed by atoms with Gasteiger partial charge in [-0.3, -0.25) is 0 Å². The van der Waals surface area contributed by atoms with Crippen LogP contribution in [0.25, 0.3) is 0 Å². The van der Waals surface area contributed by atoms with E-state index in [2.05, 4.69) is 0 Å². The van der Waals surface area contributed by atoms with Gasteiger partial charge in [0.15, 0.2) is 11.5 Å². The van der Waals surface area contributed by atoms with E-state index in [1.165, 1.54) is 18.2 Å². The average molecular weight is 222 g/mol. The van der Waals surface area contributed by atoms with Crippen molar-refractivity contribution in [1.29, 1.82) is 0 Å². The van der Waals surface area contributed by atoms with Gasteiger partial charge in [0, 0.05) is 4.90 Å². The van der Waals surface area contributed by atoms with Crippen LogP contribution < -0.4 is 9.47 Å². The molecule has 6 heteroatoms. The molecular formula is C8H5F3O2S. The van der Waals surface area contributed by atoms with Crippen LogP contribution in [-0.2, 0) is 0 Å². The number of halogens is 3. The Labute approximate surface area is 82.0 Å². The van der Waals surface area contributed by atoms with Gasteiger partial charge in [-0.2, -0.15) is 13.2 Å². The van der Waals surface area contributed by atoms with Crippen LogP contribution in [-0.4, -0.2) is 12.3 Å². The van der Waals surface area contributed by atoms with Crippen molar-refractivity contribution in [2.45, 2.75) is 10.4 Å². The van der Waals surface area contributed by atoms with Gasteiger partial charge in [-0.25, -0.2) is 0 Å². The first-order valence-corrected chi connectivity index (χ1v) is 4.52. The molecule has 0 saturated carbocycles. The van der Waals surface area contributed by atoms with E-state index in [1.807, 2.05) is 0 Å². The zero-order valence-corrected chi connectivity index (χ0v) is 7.61. The molecule has 0 amide bonds. The highest BCUT2D eigenvalue weighted by molar-refractivity contribution is 8.00. The Morgan fingerprint density at radius 2 is 1.86 bits per heavy atom. The van der Waals surface area contributed by atoms with Gasteiger partial charge < -0.3 is 9.47 Å². The van der Waals surface area contributed by atoms with Gasteiger partial charge in [-0.15, -0.1) is 0 Å². The summed E-state index contributed by atoms with van der Waals surface area (Å²) in [4.78, 5) is 0.0988. The predicted octanol–water partition coefficient (Wildman–Crippen LogP) is 3.03. The lowest BCUT2D eigenvalue weighted by Gasteiger charge is -2.05. The second-order valence-corrected chi connectivity index (χ2v) is 3.70. The van der Waals surface area contributed by atoms with Crippen molar-refractivity contribution in [1.82, 2.24) is 0 Å². The predicted molar refractivity (Wildman–Crippen MR) is 44.5 cm³/mol. The molecule has 1 aliphatic heterocycles. The molecule has 0 saturated heterocycles. The molecule has 0 fully saturated rings. The minimum Gasteiger partial charge on any atom is -0.454 e. The molecule has 2 rings (SSSR count). The molecule has 1 aliphatic rings. The van der Waals surface area contributed by atoms with Crippen molar-refractivity contribution < 1.29 is 22.6 Å². The molecule has 1 aromatic rings. The van der Waals surface area contributed by atoms with Crippen molar-refractivity contribution in [3.63, 3.8) is 0 Å². The van der Waals surface area contributed by atoms with Crippen LogP contribution in [0.5, 0.6) is 11.5 Å². The zero-order valence-electron chi connectivity index (χ0n) is 6.80. The highest BCUT2D eigenvalue weighted by Crippen LogP contribution is 2.41. The molecule has 0 aromatic heterocycles. The monoisotopic (exact) mass is 222 g/mol. The van der Waals surface area contributed by atoms with E-state index in [4.69, 9.17) is 9.47 Å². The van der Waals surface area contributed by atoms with E-state index >= 15 is 0 Å². The summed E-state index contributed by atoms with van der Waals surface area (Å²) in [6.07, 6.45) is 0. The summed E-state index contributed by atoms with van der Waals surface area (Å²) < 4.78 is 45.9. The maximum absolute atomic E-state index is 12.0. The van der Waals surface area contributed by atoms with Crippen molar-refractivity contribution >= 4 is 11.8 Å². The molecule has 2 nitrogen and oxygen atoms in total. The maximum atomic E-state index is 12.0. The number of thioether (sulfide) groups is 1. The lowest BCUT2D eigenvalue weighted by Crippen LogP contribution is -1.98. The fraction of sp³-hybridized carbons (Fsp3) is 0.250. The van der Waals surface area contributed by atoms with Gasteiger partial charge in [0.05, 0.1) is 0 Å². The molecule has 0 aliphatic carbocycles. The third kappa shape index (κ3) is 2.06. The minimum atomic E-state index is -4.27. The molecule has 0 atom stereocenters. The van der Waals surface area contributed by atoms with Crippen molar-refractivity contribution in [2.75, 3.05) is 6.79 Å². The third-order valence-electron chi connectivity index (χ3n) is 1.58. The number of ether oxygens (including phenoxy) is 2. The lowest BCUT2D eigenvalue weighted by atomic mass is 10.3. The quantitative estimate of drug-likeness (QED) is 0.680. The normalized spacial score (nSPS) is 14.5. The van der Waals surface area contributed by atoms with Crippen molar-refractivity contribution in [3.8, 4) is 11.5 Å². The Bertz CT molecular complexity index is 351. The SMILES string of the molecule is FC(F)(F)Sc1ccc2c(c1)OCO2. The fourth-order valence-corrected chi connectivity index (χ4v) is 1.64. The van der Waals surface area contributed by atoms with Gasteiger partial charge in [0.2, 0.25) is 6.79 Å². The summed E-state index contributed by atoms with van der Waals surface area (Å²) in [5.74, 6) is 0.843. The van der Waals surface area contributed by atoms with Gasteiger partial charge in [-0.1, -0.05) is 0 Å². The van der Waals surface area contributed by atoms with Crippen LogP contribution in [0.3, 0.4) is 0 Å². The number of alkyl halides is 3. The molecule has 0 bridgehead atoms. The first kappa shape index (κ1) is 9.51. The fourth-order valence-electron chi connectivity index (χ4n) is 1.07. The first-order valence-electron chi connectivity index (χ1n) is 3.70. The van der Waals surface area contributed by atoms with Crippen LogP contribution in [0, 0.1) is 0 Å². The Balaban J connectivity index is 2.21. The van der Waals surface area contributed by atoms with Crippen LogP contribution in [0.15, 0.2) is 23.1 Å². The number of benzene rings is 1. The minimum absolute atomic E-state index is 0.0650. The summed E-state index contributed by atoms with van der Waals surface area (Å²) in [5, 5.41) is 0. The molecule has 0 unspecified atom stereocenters. The van der Waals surface area contributed by atoms with Crippen LogP contribution in [0.2, 0.25) is 0 Å². The summed E-state index contributed by atoms with van der Waals surface area (Å²) in [5.41, 5.74) is -4.27. The van der Waals surface area contributed by atoms with Crippen molar-refractivity contribution in [3.05, 3.63) is 18.2 Å². The van der Waals surface area contributed by atoms with Crippen LogP contribution >= 0.6 is 11.8 Å². The van der Waals surface area contributed by atoms with E-state index < -0.39 is 5.51 Å². The van der Waals surface area contributed by atoms with Gasteiger partial charge >= 0.3 is 5.51 Å². The molecule has 0 N–H and O–H groups in total. The largest absolute Gasteiger partial charge is 0.454 e. The van der Waals surface area contributed by atoms with Crippen molar-refractivity contribution in [2.24, 2.45) is 0 Å². The zero-order chi connectivity index (χ0) is 10.2. The second kappa shape index (κ2) is 3.27. The third-order valence-corrected chi connectivity index (χ3v) is 2.30. The van der Waals surface area contributed by atoms with Gasteiger partial charge in [0.25, 0.3) is 0 Å². The number of hydrogen-bond donors (Lipinski definition) is 0. The summed E-state index contributed by atoms with van der Waals surface area (Å²) in [7, 11) is 0. The smallest absolute Gasteiger partial charge is 0.446 e. The van der Waals surface area contributed by atoms with Crippen LogP contribution in [0.1, 0.15) is 0 Å². The maximum Gasteiger partial charge on any atom is 0.446 e. The van der Waals surface area contributed by atoms with E-state index in [9.17, 15) is 13.2 Å². The molecule has 0 radical (unpaired) electrons. The molecule has 1 aromatic carbocycles. The standard InChI is InChI=1S/C8H5F3O2S/c9-8(10,11)14-5-1-2-6-7(3-5)13-4-12-6/h1-3H,4H2. The highest BCUT2D eigenvalue weighted by atomic mass is 32.2. The number of rotatable bonds is 1. The average Bonchev–Trinajstić information content (AvgIpc) is 2.47. The topological polar surface area (TPSA) is 18.5 Å². The Kier molecular flexibility index (Phi) is 2.22. The number of fused-ring (bicyclic) bond motifs is 1. The van der Waals surface area contributed by atoms with Crippen LogP contribution in [0.4, 0.5) is 13.2 Å². The van der Waals surface area contributed by atoms with E-state index in [0.29, 0.717) is 11.5 Å².